The molecule has 0 bridgehead atoms. The SMILES string of the molecule is CC(C)[C@@H]1CO[C@@]23CCN(C(=O)c4cnc(-c5ccccn5)nc4)[C@@H]2CC(=O)N13. The average Bonchev–Trinajstić information content (AvgIpc) is 3.37. The number of ether oxygens (including phenoxy) is 1. The number of rotatable bonds is 3. The summed E-state index contributed by atoms with van der Waals surface area (Å²) < 4.78 is 6.20. The van der Waals surface area contributed by atoms with Gasteiger partial charge in [-0.25, -0.2) is 9.97 Å². The second kappa shape index (κ2) is 6.59. The molecule has 0 saturated carbocycles. The number of amides is 2. The highest BCUT2D eigenvalue weighted by molar-refractivity contribution is 5.95. The number of hydrogen-bond donors (Lipinski definition) is 0. The fourth-order valence-electron chi connectivity index (χ4n) is 4.85. The van der Waals surface area contributed by atoms with E-state index in [0.717, 1.165) is 0 Å². The van der Waals surface area contributed by atoms with Gasteiger partial charge in [-0.05, 0) is 18.1 Å². The molecule has 150 valence electrons. The van der Waals surface area contributed by atoms with E-state index in [1.165, 1.54) is 12.4 Å². The summed E-state index contributed by atoms with van der Waals surface area (Å²) >= 11 is 0. The van der Waals surface area contributed by atoms with Crippen LogP contribution in [0.1, 0.15) is 37.0 Å². The standard InChI is InChI=1S/C21H23N5O3/c1-13(2)16-12-29-21-6-8-25(17(21)9-18(27)26(16)21)20(28)14-10-23-19(24-11-14)15-5-3-4-7-22-15/h3-5,7,10-11,13,16-17H,6,8-9,12H2,1-2H3/t16-,17+,21-/m0/s1. The molecule has 2 aromatic heterocycles. The van der Waals surface area contributed by atoms with Crippen LogP contribution in [0.15, 0.2) is 36.8 Å². The molecule has 29 heavy (non-hydrogen) atoms. The highest BCUT2D eigenvalue weighted by Crippen LogP contribution is 2.49. The summed E-state index contributed by atoms with van der Waals surface area (Å²) in [6.07, 6.45) is 5.69. The molecule has 0 radical (unpaired) electrons. The van der Waals surface area contributed by atoms with Crippen molar-refractivity contribution in [1.29, 1.82) is 0 Å². The Bertz CT molecular complexity index is 949. The molecule has 0 N–H and O–H groups in total. The van der Waals surface area contributed by atoms with Crippen molar-refractivity contribution in [3.8, 4) is 11.5 Å². The summed E-state index contributed by atoms with van der Waals surface area (Å²) in [5.74, 6) is 0.701. The van der Waals surface area contributed by atoms with E-state index in [1.54, 1.807) is 11.1 Å². The predicted octanol–water partition coefficient (Wildman–Crippen LogP) is 1.74. The highest BCUT2D eigenvalue weighted by Gasteiger charge is 2.65. The zero-order valence-corrected chi connectivity index (χ0v) is 16.5. The lowest BCUT2D eigenvalue weighted by Crippen LogP contribution is -2.51. The number of likely N-dealkylation sites (tertiary alicyclic amines) is 1. The Morgan fingerprint density at radius 3 is 2.72 bits per heavy atom. The molecule has 8 heteroatoms. The minimum atomic E-state index is -0.670. The monoisotopic (exact) mass is 393 g/mol. The topological polar surface area (TPSA) is 88.5 Å². The van der Waals surface area contributed by atoms with Crippen molar-refractivity contribution in [2.75, 3.05) is 13.2 Å². The van der Waals surface area contributed by atoms with E-state index in [4.69, 9.17) is 4.74 Å². The molecule has 3 atom stereocenters. The van der Waals surface area contributed by atoms with Crippen LogP contribution >= 0.6 is 0 Å². The van der Waals surface area contributed by atoms with Crippen LogP contribution in [0.3, 0.4) is 0 Å². The van der Waals surface area contributed by atoms with E-state index in [9.17, 15) is 9.59 Å². The lowest BCUT2D eigenvalue weighted by molar-refractivity contribution is -0.139. The van der Waals surface area contributed by atoms with Gasteiger partial charge in [-0.2, -0.15) is 0 Å². The maximum absolute atomic E-state index is 13.2. The molecule has 2 amide bonds. The molecule has 5 rings (SSSR count). The molecule has 3 fully saturated rings. The third-order valence-electron chi connectivity index (χ3n) is 6.31. The number of nitrogens with zero attached hydrogens (tertiary/aromatic N) is 5. The predicted molar refractivity (Wildman–Crippen MR) is 103 cm³/mol. The van der Waals surface area contributed by atoms with Crippen molar-refractivity contribution in [2.45, 2.75) is 44.5 Å². The smallest absolute Gasteiger partial charge is 0.257 e. The molecule has 0 unspecified atom stereocenters. The molecule has 3 aliphatic heterocycles. The van der Waals surface area contributed by atoms with Gasteiger partial charge in [0.25, 0.3) is 5.91 Å². The summed E-state index contributed by atoms with van der Waals surface area (Å²) in [5, 5.41) is 0. The molecule has 1 spiro atoms. The molecule has 3 aliphatic rings. The van der Waals surface area contributed by atoms with Gasteiger partial charge >= 0.3 is 0 Å². The van der Waals surface area contributed by atoms with Gasteiger partial charge in [-0.15, -0.1) is 0 Å². The Kier molecular flexibility index (Phi) is 4.13. The molecule has 2 aromatic rings. The van der Waals surface area contributed by atoms with E-state index >= 15 is 0 Å². The van der Waals surface area contributed by atoms with Gasteiger partial charge in [0.1, 0.15) is 5.69 Å². The first kappa shape index (κ1) is 18.2. The van der Waals surface area contributed by atoms with Crippen LogP contribution in [0, 0.1) is 5.92 Å². The van der Waals surface area contributed by atoms with Crippen LogP contribution < -0.4 is 0 Å². The van der Waals surface area contributed by atoms with E-state index < -0.39 is 5.72 Å². The van der Waals surface area contributed by atoms with Crippen molar-refractivity contribution in [3.05, 3.63) is 42.4 Å². The van der Waals surface area contributed by atoms with Crippen LogP contribution in [-0.4, -0.2) is 67.5 Å². The van der Waals surface area contributed by atoms with Crippen LogP contribution in [0.25, 0.3) is 11.5 Å². The van der Waals surface area contributed by atoms with Crippen LogP contribution in [0.4, 0.5) is 0 Å². The molecule has 0 aliphatic carbocycles. The third kappa shape index (κ3) is 2.66. The summed E-state index contributed by atoms with van der Waals surface area (Å²) in [4.78, 5) is 42.5. The van der Waals surface area contributed by atoms with E-state index in [0.29, 0.717) is 49.0 Å². The van der Waals surface area contributed by atoms with Gasteiger partial charge in [0, 0.05) is 31.6 Å². The summed E-state index contributed by atoms with van der Waals surface area (Å²) in [5.41, 5.74) is 0.393. The Morgan fingerprint density at radius 2 is 2.03 bits per heavy atom. The third-order valence-corrected chi connectivity index (χ3v) is 6.31. The van der Waals surface area contributed by atoms with E-state index in [1.807, 2.05) is 23.1 Å². The Balaban J connectivity index is 1.39. The second-order valence-electron chi connectivity index (χ2n) is 8.21. The Labute approximate surface area is 168 Å². The Hall–Kier alpha value is -2.87. The number of aromatic nitrogens is 3. The van der Waals surface area contributed by atoms with E-state index in [2.05, 4.69) is 28.8 Å². The summed E-state index contributed by atoms with van der Waals surface area (Å²) in [6.45, 7) is 5.29. The van der Waals surface area contributed by atoms with Crippen molar-refractivity contribution in [3.63, 3.8) is 0 Å². The van der Waals surface area contributed by atoms with Gasteiger partial charge in [0.2, 0.25) is 5.91 Å². The molecular formula is C21H23N5O3. The van der Waals surface area contributed by atoms with Crippen LogP contribution in [-0.2, 0) is 9.53 Å². The highest BCUT2D eigenvalue weighted by atomic mass is 16.5. The molecule has 3 saturated heterocycles. The van der Waals surface area contributed by atoms with E-state index in [-0.39, 0.29) is 23.9 Å². The average molecular weight is 393 g/mol. The normalized spacial score (nSPS) is 28.2. The quantitative estimate of drug-likeness (QED) is 0.789. The zero-order chi connectivity index (χ0) is 20.2. The first-order valence-corrected chi connectivity index (χ1v) is 10.0. The van der Waals surface area contributed by atoms with Crippen molar-refractivity contribution in [2.24, 2.45) is 5.92 Å². The van der Waals surface area contributed by atoms with Crippen LogP contribution in [0.2, 0.25) is 0 Å². The van der Waals surface area contributed by atoms with Gasteiger partial charge in [-0.1, -0.05) is 19.9 Å². The first-order valence-electron chi connectivity index (χ1n) is 10.0. The van der Waals surface area contributed by atoms with Crippen molar-refractivity contribution < 1.29 is 14.3 Å². The number of carbonyl (C=O) groups excluding carboxylic acids is 2. The molecule has 5 heterocycles. The fourth-order valence-corrected chi connectivity index (χ4v) is 4.85. The second-order valence-corrected chi connectivity index (χ2v) is 8.21. The van der Waals surface area contributed by atoms with Crippen molar-refractivity contribution >= 4 is 11.8 Å². The van der Waals surface area contributed by atoms with Gasteiger partial charge in [-0.3, -0.25) is 14.6 Å². The maximum Gasteiger partial charge on any atom is 0.257 e. The number of pyridine rings is 1. The van der Waals surface area contributed by atoms with Crippen LogP contribution in [0.5, 0.6) is 0 Å². The lowest BCUT2D eigenvalue weighted by Gasteiger charge is -2.34. The molecule has 0 aromatic carbocycles. The minimum absolute atomic E-state index is 0.0727. The van der Waals surface area contributed by atoms with Crippen molar-refractivity contribution in [1.82, 2.24) is 24.8 Å². The zero-order valence-electron chi connectivity index (χ0n) is 16.5. The van der Waals surface area contributed by atoms with Gasteiger partial charge < -0.3 is 14.5 Å². The summed E-state index contributed by atoms with van der Waals surface area (Å²) in [6, 6.07) is 5.32. The lowest BCUT2D eigenvalue weighted by atomic mass is 10.0. The fraction of sp³-hybridized carbons (Fsp3) is 0.476. The Morgan fingerprint density at radius 1 is 1.24 bits per heavy atom. The number of hydrogen-bond acceptors (Lipinski definition) is 6. The maximum atomic E-state index is 13.2. The largest absolute Gasteiger partial charge is 0.351 e. The molecule has 8 nitrogen and oxygen atoms in total. The minimum Gasteiger partial charge on any atom is -0.351 e. The summed E-state index contributed by atoms with van der Waals surface area (Å²) in [7, 11) is 0. The molecular weight excluding hydrogens is 370 g/mol. The van der Waals surface area contributed by atoms with Gasteiger partial charge in [0.15, 0.2) is 11.5 Å². The van der Waals surface area contributed by atoms with Gasteiger partial charge in [0.05, 0.1) is 30.7 Å². The number of carbonyl (C=O) groups is 2. The first-order chi connectivity index (χ1) is 14.0.